The number of alkyl halides is 6. The van der Waals surface area contributed by atoms with Crippen LogP contribution in [0.3, 0.4) is 0 Å². The van der Waals surface area contributed by atoms with Crippen molar-refractivity contribution >= 4 is 11.9 Å². The Kier molecular flexibility index (Phi) is 5.32. The summed E-state index contributed by atoms with van der Waals surface area (Å²) in [4.78, 5) is 3.68. The number of para-hydroxylation sites is 1. The van der Waals surface area contributed by atoms with Gasteiger partial charge in [-0.1, -0.05) is 32.9 Å². The minimum absolute atomic E-state index is 0.0259. The normalized spacial score (nSPS) is 13.4. The van der Waals surface area contributed by atoms with Crippen LogP contribution in [0.5, 0.6) is 5.75 Å². The van der Waals surface area contributed by atoms with Gasteiger partial charge in [-0.25, -0.2) is 0 Å². The number of rotatable bonds is 2. The molecule has 1 N–H and O–H groups in total. The number of hydrogen-bond acceptors (Lipinski definition) is 2. The summed E-state index contributed by atoms with van der Waals surface area (Å²) in [5, 5.41) is 10.3. The highest BCUT2D eigenvalue weighted by molar-refractivity contribution is 5.86. The summed E-state index contributed by atoms with van der Waals surface area (Å²) in [6.45, 7) is 5.54. The van der Waals surface area contributed by atoms with E-state index in [4.69, 9.17) is 0 Å². The highest BCUT2D eigenvalue weighted by Gasteiger charge is 2.38. The third kappa shape index (κ3) is 4.81. The summed E-state index contributed by atoms with van der Waals surface area (Å²) in [6.07, 6.45) is -8.91. The molecule has 27 heavy (non-hydrogen) atoms. The van der Waals surface area contributed by atoms with Crippen LogP contribution < -0.4 is 0 Å². The molecule has 0 aromatic heterocycles. The van der Waals surface area contributed by atoms with Gasteiger partial charge in [-0.2, -0.15) is 26.3 Å². The van der Waals surface area contributed by atoms with Gasteiger partial charge in [0.25, 0.3) is 0 Å². The third-order valence-electron chi connectivity index (χ3n) is 3.85. The van der Waals surface area contributed by atoms with Gasteiger partial charge in [0.1, 0.15) is 5.75 Å². The van der Waals surface area contributed by atoms with Gasteiger partial charge in [0.15, 0.2) is 0 Å². The maximum Gasteiger partial charge on any atom is 0.418 e. The van der Waals surface area contributed by atoms with Crippen LogP contribution in [0.2, 0.25) is 0 Å². The third-order valence-corrected chi connectivity index (χ3v) is 3.85. The quantitative estimate of drug-likeness (QED) is 0.463. The van der Waals surface area contributed by atoms with Gasteiger partial charge in [0, 0.05) is 11.8 Å². The molecule has 0 amide bonds. The molecule has 0 spiro atoms. The van der Waals surface area contributed by atoms with Crippen molar-refractivity contribution in [2.45, 2.75) is 38.5 Å². The molecule has 0 bridgehead atoms. The lowest BCUT2D eigenvalue weighted by Crippen LogP contribution is -2.12. The fraction of sp³-hybridized carbons (Fsp3) is 0.316. The second-order valence-corrected chi connectivity index (χ2v) is 6.98. The zero-order valence-corrected chi connectivity index (χ0v) is 14.7. The standard InChI is InChI=1S/C19H17F6NO/c1-17(2,3)13-6-4-5-11(16(13)27)10-26-15-8-7-12(18(20,21)22)9-14(15)19(23,24)25/h4-10,27H,1-3H3. The van der Waals surface area contributed by atoms with Crippen molar-refractivity contribution in [2.24, 2.45) is 4.99 Å². The zero-order valence-electron chi connectivity index (χ0n) is 14.7. The molecule has 0 saturated heterocycles. The Bertz CT molecular complexity index is 860. The number of aromatic hydroxyl groups is 1. The molecule has 0 fully saturated rings. The minimum atomic E-state index is -5.01. The minimum Gasteiger partial charge on any atom is -0.507 e. The average molecular weight is 389 g/mol. The molecule has 0 aliphatic rings. The van der Waals surface area contributed by atoms with Crippen LogP contribution in [-0.4, -0.2) is 11.3 Å². The van der Waals surface area contributed by atoms with Crippen LogP contribution in [0.25, 0.3) is 0 Å². The van der Waals surface area contributed by atoms with E-state index < -0.39 is 34.6 Å². The first kappa shape index (κ1) is 20.8. The molecule has 146 valence electrons. The van der Waals surface area contributed by atoms with Crippen molar-refractivity contribution in [3.8, 4) is 5.75 Å². The van der Waals surface area contributed by atoms with Gasteiger partial charge in [0.2, 0.25) is 0 Å². The summed E-state index contributed by atoms with van der Waals surface area (Å²) < 4.78 is 77.6. The number of nitrogens with zero attached hydrogens (tertiary/aromatic N) is 1. The molecule has 0 aliphatic heterocycles. The molecule has 0 aliphatic carbocycles. The maximum absolute atomic E-state index is 13.2. The Morgan fingerprint density at radius 1 is 0.852 bits per heavy atom. The second kappa shape index (κ2) is 6.90. The number of phenols is 1. The van der Waals surface area contributed by atoms with Gasteiger partial charge in [-0.05, 0) is 35.2 Å². The highest BCUT2D eigenvalue weighted by atomic mass is 19.4. The van der Waals surface area contributed by atoms with Crippen LogP contribution in [0, 0.1) is 0 Å². The van der Waals surface area contributed by atoms with E-state index in [0.29, 0.717) is 17.7 Å². The second-order valence-electron chi connectivity index (χ2n) is 6.98. The highest BCUT2D eigenvalue weighted by Crippen LogP contribution is 2.40. The van der Waals surface area contributed by atoms with Crippen molar-refractivity contribution in [1.82, 2.24) is 0 Å². The Labute approximate surface area is 152 Å². The van der Waals surface area contributed by atoms with Crippen molar-refractivity contribution in [2.75, 3.05) is 0 Å². The summed E-state index contributed by atoms with van der Waals surface area (Å²) >= 11 is 0. The summed E-state index contributed by atoms with van der Waals surface area (Å²) in [6, 6.07) is 5.95. The average Bonchev–Trinajstić information content (AvgIpc) is 2.50. The molecule has 0 atom stereocenters. The van der Waals surface area contributed by atoms with E-state index in [9.17, 15) is 31.4 Å². The molecule has 0 saturated carbocycles. The number of benzene rings is 2. The summed E-state index contributed by atoms with van der Waals surface area (Å²) in [5.41, 5.74) is -3.27. The van der Waals surface area contributed by atoms with E-state index in [1.54, 1.807) is 12.1 Å². The Hall–Kier alpha value is -2.51. The van der Waals surface area contributed by atoms with E-state index >= 15 is 0 Å². The number of aliphatic imine (C=N–C) groups is 1. The zero-order chi connectivity index (χ0) is 20.6. The molecule has 0 unspecified atom stereocenters. The van der Waals surface area contributed by atoms with Crippen LogP contribution in [0.15, 0.2) is 41.4 Å². The summed E-state index contributed by atoms with van der Waals surface area (Å²) in [7, 11) is 0. The predicted octanol–water partition coefficient (Wildman–Crippen LogP) is 6.48. The van der Waals surface area contributed by atoms with E-state index in [0.717, 1.165) is 6.21 Å². The fourth-order valence-corrected chi connectivity index (χ4v) is 2.46. The molecule has 2 rings (SSSR count). The lowest BCUT2D eigenvalue weighted by Gasteiger charge is -2.21. The summed E-state index contributed by atoms with van der Waals surface area (Å²) in [5.74, 6) is -0.144. The fourth-order valence-electron chi connectivity index (χ4n) is 2.46. The monoisotopic (exact) mass is 389 g/mol. The van der Waals surface area contributed by atoms with Crippen LogP contribution in [-0.2, 0) is 17.8 Å². The molecular formula is C19H17F6NO. The number of phenolic OH excluding ortho intramolecular Hbond substituents is 1. The van der Waals surface area contributed by atoms with Crippen LogP contribution >= 0.6 is 0 Å². The lowest BCUT2D eigenvalue weighted by molar-refractivity contribution is -0.142. The van der Waals surface area contributed by atoms with E-state index in [-0.39, 0.29) is 17.4 Å². The number of hydrogen-bond donors (Lipinski definition) is 1. The maximum atomic E-state index is 13.2. The van der Waals surface area contributed by atoms with Crippen molar-refractivity contribution in [1.29, 1.82) is 0 Å². The molecule has 0 radical (unpaired) electrons. The van der Waals surface area contributed by atoms with Crippen molar-refractivity contribution < 1.29 is 31.4 Å². The first-order chi connectivity index (χ1) is 12.2. The Morgan fingerprint density at radius 2 is 1.48 bits per heavy atom. The SMILES string of the molecule is CC(C)(C)c1cccc(C=Nc2ccc(C(F)(F)F)cc2C(F)(F)F)c1O. The molecule has 2 aromatic rings. The molecule has 2 aromatic carbocycles. The largest absolute Gasteiger partial charge is 0.507 e. The van der Waals surface area contributed by atoms with Crippen LogP contribution in [0.1, 0.15) is 43.0 Å². The molecule has 2 nitrogen and oxygen atoms in total. The predicted molar refractivity (Wildman–Crippen MR) is 90.5 cm³/mol. The van der Waals surface area contributed by atoms with Gasteiger partial charge in [-0.3, -0.25) is 4.99 Å². The van der Waals surface area contributed by atoms with Gasteiger partial charge in [0.05, 0.1) is 16.8 Å². The smallest absolute Gasteiger partial charge is 0.418 e. The van der Waals surface area contributed by atoms with Crippen molar-refractivity contribution in [3.05, 3.63) is 58.7 Å². The van der Waals surface area contributed by atoms with E-state index in [2.05, 4.69) is 4.99 Å². The number of halogens is 6. The topological polar surface area (TPSA) is 32.6 Å². The van der Waals surface area contributed by atoms with Crippen LogP contribution in [0.4, 0.5) is 32.0 Å². The molecular weight excluding hydrogens is 372 g/mol. The Morgan fingerprint density at radius 3 is 2.00 bits per heavy atom. The van der Waals surface area contributed by atoms with Gasteiger partial charge < -0.3 is 5.11 Å². The molecule has 0 heterocycles. The first-order valence-electron chi connectivity index (χ1n) is 7.86. The lowest BCUT2D eigenvalue weighted by atomic mass is 9.85. The van der Waals surface area contributed by atoms with Crippen molar-refractivity contribution in [3.63, 3.8) is 0 Å². The van der Waals surface area contributed by atoms with Gasteiger partial charge >= 0.3 is 12.4 Å². The van der Waals surface area contributed by atoms with Gasteiger partial charge in [-0.15, -0.1) is 0 Å². The first-order valence-corrected chi connectivity index (χ1v) is 7.86. The van der Waals surface area contributed by atoms with E-state index in [1.165, 1.54) is 6.07 Å². The Balaban J connectivity index is 2.52. The van der Waals surface area contributed by atoms with E-state index in [1.807, 2.05) is 20.8 Å². The molecule has 8 heteroatoms.